The summed E-state index contributed by atoms with van der Waals surface area (Å²) < 4.78 is 8.86. The molecule has 0 aromatic heterocycles. The fourth-order valence-corrected chi connectivity index (χ4v) is 0.450. The number of ketones is 1. The topological polar surface area (TPSA) is 76.0 Å². The molecule has 0 amide bonds. The van der Waals surface area contributed by atoms with Crippen molar-refractivity contribution in [3.05, 3.63) is 0 Å². The molecule has 0 saturated carbocycles. The molecule has 0 aliphatic carbocycles. The van der Waals surface area contributed by atoms with Crippen molar-refractivity contribution < 1.29 is 24.5 Å². The quantitative estimate of drug-likeness (QED) is 0.476. The van der Waals surface area contributed by atoms with Crippen molar-refractivity contribution in [1.82, 2.24) is 0 Å². The molecule has 0 aliphatic rings. The second-order valence-electron chi connectivity index (χ2n) is 1.58. The van der Waals surface area contributed by atoms with Crippen LogP contribution < -0.4 is 0 Å². The molecule has 0 unspecified atom stereocenters. The molecule has 0 heterocycles. The molecule has 10 heavy (non-hydrogen) atoms. The van der Waals surface area contributed by atoms with Crippen molar-refractivity contribution in [3.63, 3.8) is 0 Å². The number of aliphatic hydroxyl groups is 2. The summed E-state index contributed by atoms with van der Waals surface area (Å²) in [5.74, 6) is -0.912. The minimum atomic E-state index is -2.04. The maximum Gasteiger partial charge on any atom is 0.243 e. The van der Waals surface area contributed by atoms with Gasteiger partial charge in [-0.2, -0.15) is 0 Å². The summed E-state index contributed by atoms with van der Waals surface area (Å²) in [6.45, 7) is 0. The van der Waals surface area contributed by atoms with E-state index in [4.69, 9.17) is 10.2 Å². The third-order valence-corrected chi connectivity index (χ3v) is 0.915. The van der Waals surface area contributed by atoms with Gasteiger partial charge < -0.3 is 19.7 Å². The summed E-state index contributed by atoms with van der Waals surface area (Å²) >= 11 is 0. The fraction of sp³-hybridized carbons (Fsp3) is 0.800. The number of carbonyl (C=O) groups is 1. The van der Waals surface area contributed by atoms with Crippen LogP contribution in [0.2, 0.25) is 0 Å². The molecule has 0 atom stereocenters. The first-order chi connectivity index (χ1) is 4.63. The number of Topliss-reactive ketones (excluding diaryl/α,β-unsaturated/α-hetero) is 1. The number of carbonyl (C=O) groups excluding carboxylic acids is 1. The van der Waals surface area contributed by atoms with Gasteiger partial charge in [-0.3, -0.25) is 4.79 Å². The SMILES string of the molecule is COC(OC)C(=O)C(O)O. The lowest BCUT2D eigenvalue weighted by Crippen LogP contribution is -2.34. The zero-order valence-electron chi connectivity index (χ0n) is 5.77. The average Bonchev–Trinajstić information content (AvgIpc) is 1.90. The molecule has 5 heteroatoms. The van der Waals surface area contributed by atoms with Crippen LogP contribution in [-0.4, -0.2) is 42.8 Å². The number of ether oxygens (including phenoxy) is 2. The first kappa shape index (κ1) is 9.51. The maximum absolute atomic E-state index is 10.6. The normalized spacial score (nSPS) is 11.0. The van der Waals surface area contributed by atoms with Gasteiger partial charge in [-0.15, -0.1) is 0 Å². The molecule has 2 N–H and O–H groups in total. The molecule has 0 saturated heterocycles. The van der Waals surface area contributed by atoms with E-state index in [1.807, 2.05) is 0 Å². The van der Waals surface area contributed by atoms with Crippen LogP contribution in [0.15, 0.2) is 0 Å². The average molecular weight is 150 g/mol. The van der Waals surface area contributed by atoms with Crippen molar-refractivity contribution in [1.29, 1.82) is 0 Å². The molecule has 0 rings (SSSR count). The van der Waals surface area contributed by atoms with Gasteiger partial charge in [0.25, 0.3) is 0 Å². The van der Waals surface area contributed by atoms with Crippen molar-refractivity contribution in [2.24, 2.45) is 0 Å². The smallest absolute Gasteiger partial charge is 0.243 e. The highest BCUT2D eigenvalue weighted by Crippen LogP contribution is 1.95. The number of methoxy groups -OCH3 is 2. The Morgan fingerprint density at radius 1 is 1.30 bits per heavy atom. The van der Waals surface area contributed by atoms with Gasteiger partial charge in [-0.25, -0.2) is 0 Å². The summed E-state index contributed by atoms with van der Waals surface area (Å²) in [6.07, 6.45) is -3.23. The lowest BCUT2D eigenvalue weighted by Gasteiger charge is -2.11. The van der Waals surface area contributed by atoms with Gasteiger partial charge in [0, 0.05) is 14.2 Å². The molecule has 0 radical (unpaired) electrons. The highest BCUT2D eigenvalue weighted by Gasteiger charge is 2.22. The van der Waals surface area contributed by atoms with Crippen LogP contribution in [0.1, 0.15) is 0 Å². The summed E-state index contributed by atoms with van der Waals surface area (Å²) in [5, 5.41) is 16.6. The van der Waals surface area contributed by atoms with E-state index in [1.165, 1.54) is 14.2 Å². The Hall–Kier alpha value is -0.490. The second kappa shape index (κ2) is 4.35. The number of rotatable bonds is 4. The molecule has 0 aliphatic heterocycles. The Kier molecular flexibility index (Phi) is 4.13. The van der Waals surface area contributed by atoms with E-state index in [9.17, 15) is 4.79 Å². The van der Waals surface area contributed by atoms with Gasteiger partial charge >= 0.3 is 0 Å². The van der Waals surface area contributed by atoms with Crippen LogP contribution in [0.25, 0.3) is 0 Å². The van der Waals surface area contributed by atoms with Crippen LogP contribution in [0.3, 0.4) is 0 Å². The molecular formula is C5H10O5. The Balaban J connectivity index is 3.89. The van der Waals surface area contributed by atoms with E-state index in [1.54, 1.807) is 0 Å². The summed E-state index contributed by atoms with van der Waals surface area (Å²) in [6, 6.07) is 0. The third-order valence-electron chi connectivity index (χ3n) is 0.915. The van der Waals surface area contributed by atoms with E-state index < -0.39 is 18.4 Å². The first-order valence-electron chi connectivity index (χ1n) is 2.59. The number of hydrogen-bond donors (Lipinski definition) is 2. The molecule has 5 nitrogen and oxygen atoms in total. The van der Waals surface area contributed by atoms with E-state index in [0.29, 0.717) is 0 Å². The zero-order chi connectivity index (χ0) is 8.15. The van der Waals surface area contributed by atoms with E-state index in [2.05, 4.69) is 9.47 Å². The van der Waals surface area contributed by atoms with Crippen molar-refractivity contribution in [3.8, 4) is 0 Å². The monoisotopic (exact) mass is 150 g/mol. The lowest BCUT2D eigenvalue weighted by molar-refractivity contribution is -0.181. The van der Waals surface area contributed by atoms with Gasteiger partial charge in [0.1, 0.15) is 0 Å². The van der Waals surface area contributed by atoms with E-state index in [-0.39, 0.29) is 0 Å². The van der Waals surface area contributed by atoms with Gasteiger partial charge in [0.05, 0.1) is 0 Å². The Morgan fingerprint density at radius 3 is 1.80 bits per heavy atom. The van der Waals surface area contributed by atoms with Gasteiger partial charge in [-0.05, 0) is 0 Å². The molecule has 0 aromatic rings. The molecular weight excluding hydrogens is 140 g/mol. The molecule has 0 fully saturated rings. The molecule has 0 spiro atoms. The minimum Gasteiger partial charge on any atom is -0.362 e. The predicted octanol–water partition coefficient (Wildman–Crippen LogP) is -1.51. The first-order valence-corrected chi connectivity index (χ1v) is 2.59. The molecule has 0 aromatic carbocycles. The van der Waals surface area contributed by atoms with Gasteiger partial charge in [-0.1, -0.05) is 0 Å². The van der Waals surface area contributed by atoms with Crippen LogP contribution in [0, 0.1) is 0 Å². The zero-order valence-corrected chi connectivity index (χ0v) is 5.77. The minimum absolute atomic E-state index is 0.912. The molecule has 0 bridgehead atoms. The van der Waals surface area contributed by atoms with Crippen LogP contribution in [0.4, 0.5) is 0 Å². The Morgan fingerprint density at radius 2 is 1.70 bits per heavy atom. The van der Waals surface area contributed by atoms with Crippen molar-refractivity contribution in [2.45, 2.75) is 12.6 Å². The Labute approximate surface area is 58.2 Å². The van der Waals surface area contributed by atoms with Crippen LogP contribution >= 0.6 is 0 Å². The second-order valence-corrected chi connectivity index (χ2v) is 1.58. The summed E-state index contributed by atoms with van der Waals surface area (Å²) in [7, 11) is 2.46. The van der Waals surface area contributed by atoms with Gasteiger partial charge in [0.2, 0.25) is 18.4 Å². The Bertz CT molecular complexity index is 107. The van der Waals surface area contributed by atoms with Crippen LogP contribution in [0.5, 0.6) is 0 Å². The standard InChI is InChI=1S/C5H10O5/c1-9-5(10-2)3(6)4(7)8/h4-5,7-8H,1-2H3. The largest absolute Gasteiger partial charge is 0.362 e. The van der Waals surface area contributed by atoms with Crippen molar-refractivity contribution in [2.75, 3.05) is 14.2 Å². The van der Waals surface area contributed by atoms with E-state index in [0.717, 1.165) is 0 Å². The summed E-state index contributed by atoms with van der Waals surface area (Å²) in [4.78, 5) is 10.6. The maximum atomic E-state index is 10.6. The third kappa shape index (κ3) is 2.40. The van der Waals surface area contributed by atoms with Crippen LogP contribution in [-0.2, 0) is 14.3 Å². The van der Waals surface area contributed by atoms with E-state index >= 15 is 0 Å². The highest BCUT2D eigenvalue weighted by atomic mass is 16.7. The molecule has 60 valence electrons. The predicted molar refractivity (Wildman–Crippen MR) is 31.0 cm³/mol. The number of aliphatic hydroxyl groups excluding tert-OH is 1. The fourth-order valence-electron chi connectivity index (χ4n) is 0.450. The summed E-state index contributed by atoms with van der Waals surface area (Å²) in [5.41, 5.74) is 0. The van der Waals surface area contributed by atoms with Crippen molar-refractivity contribution >= 4 is 5.78 Å². The lowest BCUT2D eigenvalue weighted by atomic mass is 10.4. The highest BCUT2D eigenvalue weighted by molar-refractivity contribution is 5.84. The van der Waals surface area contributed by atoms with Gasteiger partial charge in [0.15, 0.2) is 0 Å². The number of hydrogen-bond acceptors (Lipinski definition) is 5.